The van der Waals surface area contributed by atoms with Gasteiger partial charge in [-0.3, -0.25) is 24.2 Å². The molecule has 2 aromatic carbocycles. The molecule has 2 atom stereocenters. The first-order valence-electron chi connectivity index (χ1n) is 28.0. The second-order valence-corrected chi connectivity index (χ2v) is 21.1. The Balaban J connectivity index is 0.000000161. The van der Waals surface area contributed by atoms with Crippen LogP contribution in [0.3, 0.4) is 0 Å². The monoisotopic (exact) mass is 1120 g/mol. The molecule has 2 aliphatic carbocycles. The van der Waals surface area contributed by atoms with Gasteiger partial charge in [0, 0.05) is 91.6 Å². The zero-order valence-electron chi connectivity index (χ0n) is 46.5. The molecule has 83 heavy (non-hydrogen) atoms. The molecular formula is C60H68N18O5. The summed E-state index contributed by atoms with van der Waals surface area (Å²) in [7, 11) is 4.12. The molecular weight excluding hydrogens is 1050 g/mol. The molecule has 2 saturated heterocycles. The Bertz CT molecular complexity index is 3600. The SMILES string of the molecule is CN(C/C=C/C(=O)N1CCC[C@@H](n2nc(-c3ccc(C(=O)Nc4ccccn4)cc3)c3c(N)ncnc32)C1)C1CC1.CN(C/C=C/C(=O)O)C1CC1.Nc1ncnc2c1c(-c1ccc(C(=O)Nc3ccccn3)cc1)nn2[C@@H]1CCCNC1. The molecule has 8 N–H and O–H groups in total. The van der Waals surface area contributed by atoms with Crippen molar-refractivity contribution in [2.45, 2.75) is 75.5 Å². The van der Waals surface area contributed by atoms with Crippen LogP contribution in [-0.4, -0.2) is 158 Å². The predicted octanol–water partition coefficient (Wildman–Crippen LogP) is 6.91. The van der Waals surface area contributed by atoms with E-state index >= 15 is 0 Å². The number of fused-ring (bicyclic) bond motifs is 2. The predicted molar refractivity (Wildman–Crippen MR) is 318 cm³/mol. The molecule has 23 nitrogen and oxygen atoms in total. The van der Waals surface area contributed by atoms with Gasteiger partial charge in [0.25, 0.3) is 11.8 Å². The molecule has 0 unspecified atom stereocenters. The molecule has 0 radical (unpaired) electrons. The van der Waals surface area contributed by atoms with E-state index in [9.17, 15) is 19.2 Å². The van der Waals surface area contributed by atoms with E-state index in [1.54, 1.807) is 73.1 Å². The van der Waals surface area contributed by atoms with Crippen molar-refractivity contribution in [3.05, 3.63) is 145 Å². The topological polar surface area (TPSA) is 299 Å². The van der Waals surface area contributed by atoms with Gasteiger partial charge in [-0.25, -0.2) is 44.1 Å². The maximum atomic E-state index is 13.0. The molecule has 23 heteroatoms. The number of likely N-dealkylation sites (tertiary alicyclic amines) is 1. The molecule has 2 saturated carbocycles. The number of aromatic nitrogens is 10. The van der Waals surface area contributed by atoms with Gasteiger partial charge in [0.2, 0.25) is 5.91 Å². The highest BCUT2D eigenvalue weighted by Crippen LogP contribution is 2.36. The minimum Gasteiger partial charge on any atom is -0.478 e. The summed E-state index contributed by atoms with van der Waals surface area (Å²) in [4.78, 5) is 80.3. The summed E-state index contributed by atoms with van der Waals surface area (Å²) in [6.45, 7) is 4.63. The molecule has 12 rings (SSSR count). The number of hydrogen-bond acceptors (Lipinski definition) is 17. The van der Waals surface area contributed by atoms with Crippen molar-refractivity contribution in [2.75, 3.05) is 75.5 Å². The van der Waals surface area contributed by atoms with Gasteiger partial charge >= 0.3 is 5.97 Å². The number of anilines is 4. The van der Waals surface area contributed by atoms with E-state index < -0.39 is 5.97 Å². The molecule has 3 amide bonds. The summed E-state index contributed by atoms with van der Waals surface area (Å²) in [6.07, 6.45) is 21.5. The summed E-state index contributed by atoms with van der Waals surface area (Å²) in [6, 6.07) is 26.6. The number of benzene rings is 2. The Labute approximate surface area is 479 Å². The average Bonchev–Trinajstić information content (AvgIpc) is 4.62. The molecule has 6 aromatic heterocycles. The number of aliphatic carboxylic acids is 1. The third-order valence-electron chi connectivity index (χ3n) is 15.0. The fourth-order valence-corrected chi connectivity index (χ4v) is 10.2. The van der Waals surface area contributed by atoms with E-state index in [1.165, 1.54) is 44.4 Å². The zero-order chi connectivity index (χ0) is 57.8. The summed E-state index contributed by atoms with van der Waals surface area (Å²) >= 11 is 0. The molecule has 2 aliphatic heterocycles. The number of amides is 3. The standard InChI is InChI=1S/C30H33N9O2.C22H22N8O.C8H13NO2/c1-37(22-13-14-22)16-5-8-25(40)38-17-4-6-23(18-38)39-29-26(28(31)33-19-34-29)27(36-39)20-9-11-21(12-10-20)30(41)35-24-7-2-3-15-32-24;23-20-18-19(29-30(21(18)27-13-26-20)16-4-3-10-24-12-16)14-6-8-15(9-7-14)22(31)28-17-5-1-2-11-25-17;1-9(7-4-5-7)6-2-3-8(10)11/h2-3,5,7-12,15,19,22-23H,4,6,13-14,16-18H2,1H3,(H2,31,33,34)(H,32,35,41);1-2,5-9,11,13,16,24H,3-4,10,12H2,(H2,23,26,27)(H,25,28,31);2-3,7H,4-6H2,1H3,(H,10,11)/b8-5+;;3-2+/t23-;16-;/m11./s1. The highest BCUT2D eigenvalue weighted by atomic mass is 16.4. The van der Waals surface area contributed by atoms with Crippen LogP contribution in [0, 0.1) is 0 Å². The van der Waals surface area contributed by atoms with E-state index in [2.05, 4.69) is 62.7 Å². The maximum Gasteiger partial charge on any atom is 0.328 e. The number of nitrogen functional groups attached to an aromatic ring is 2. The van der Waals surface area contributed by atoms with Crippen LogP contribution < -0.4 is 27.4 Å². The van der Waals surface area contributed by atoms with Gasteiger partial charge in [0.1, 0.15) is 47.3 Å². The largest absolute Gasteiger partial charge is 0.478 e. The lowest BCUT2D eigenvalue weighted by atomic mass is 10.1. The first kappa shape index (κ1) is 56.9. The third-order valence-corrected chi connectivity index (χ3v) is 15.0. The molecule has 0 bridgehead atoms. The molecule has 4 fully saturated rings. The van der Waals surface area contributed by atoms with Crippen molar-refractivity contribution in [1.82, 2.24) is 69.5 Å². The van der Waals surface area contributed by atoms with Crippen LogP contribution in [0.2, 0.25) is 0 Å². The molecule has 8 heterocycles. The van der Waals surface area contributed by atoms with Gasteiger partial charge in [-0.15, -0.1) is 0 Å². The molecule has 0 spiro atoms. The highest BCUT2D eigenvalue weighted by Gasteiger charge is 2.30. The van der Waals surface area contributed by atoms with Gasteiger partial charge in [-0.05, 0) is 121 Å². The van der Waals surface area contributed by atoms with E-state index in [-0.39, 0.29) is 29.8 Å². The number of pyridine rings is 2. The number of carboxylic acid groups (broad SMARTS) is 1. The first-order chi connectivity index (χ1) is 40.4. The Hall–Kier alpha value is -9.32. The van der Waals surface area contributed by atoms with Crippen molar-refractivity contribution in [1.29, 1.82) is 0 Å². The molecule has 8 aromatic rings. The van der Waals surface area contributed by atoms with E-state index in [4.69, 9.17) is 26.8 Å². The lowest BCUT2D eigenvalue weighted by molar-refractivity contribution is -0.131. The number of likely N-dealkylation sites (N-methyl/N-ethyl adjacent to an activating group) is 2. The van der Waals surface area contributed by atoms with Gasteiger partial charge < -0.3 is 37.4 Å². The fraction of sp³-hybridized carbons (Fsp3) is 0.333. The average molecular weight is 1120 g/mol. The van der Waals surface area contributed by atoms with Gasteiger partial charge in [-0.1, -0.05) is 48.6 Å². The molecule has 4 aliphatic rings. The van der Waals surface area contributed by atoms with Crippen LogP contribution in [0.5, 0.6) is 0 Å². The number of nitrogens with two attached hydrogens (primary N) is 2. The quantitative estimate of drug-likeness (QED) is 0.0536. The third kappa shape index (κ3) is 14.4. The number of carbonyl (C=O) groups is 4. The minimum absolute atomic E-state index is 0.0179. The maximum absolute atomic E-state index is 13.0. The zero-order valence-corrected chi connectivity index (χ0v) is 46.5. The van der Waals surface area contributed by atoms with Gasteiger partial charge in [-0.2, -0.15) is 10.2 Å². The smallest absolute Gasteiger partial charge is 0.328 e. The van der Waals surface area contributed by atoms with Crippen LogP contribution in [0.1, 0.15) is 84.2 Å². The Kier molecular flexibility index (Phi) is 18.2. The number of hydrogen-bond donors (Lipinski definition) is 6. The number of carboxylic acids is 1. The lowest BCUT2D eigenvalue weighted by Gasteiger charge is -2.32. The van der Waals surface area contributed by atoms with Crippen LogP contribution in [0.4, 0.5) is 23.3 Å². The number of carbonyl (C=O) groups excluding carboxylic acids is 3. The van der Waals surface area contributed by atoms with Gasteiger partial charge in [0.05, 0.1) is 22.9 Å². The number of piperidine rings is 2. The highest BCUT2D eigenvalue weighted by molar-refractivity contribution is 6.06. The second kappa shape index (κ2) is 26.5. The van der Waals surface area contributed by atoms with Crippen molar-refractivity contribution in [3.8, 4) is 22.5 Å². The van der Waals surface area contributed by atoms with Crippen LogP contribution in [0.15, 0.2) is 134 Å². The Morgan fingerprint density at radius 2 is 1.12 bits per heavy atom. The van der Waals surface area contributed by atoms with Crippen molar-refractivity contribution in [3.63, 3.8) is 0 Å². The van der Waals surface area contributed by atoms with Crippen molar-refractivity contribution in [2.24, 2.45) is 0 Å². The second-order valence-electron chi connectivity index (χ2n) is 21.1. The number of nitrogens with zero attached hydrogens (tertiary/aromatic N) is 13. The summed E-state index contributed by atoms with van der Waals surface area (Å²) < 4.78 is 3.84. The summed E-state index contributed by atoms with van der Waals surface area (Å²) in [5.74, 6) is 0.389. The fourth-order valence-electron chi connectivity index (χ4n) is 10.2. The summed E-state index contributed by atoms with van der Waals surface area (Å²) in [5, 5.41) is 28.5. The Morgan fingerprint density at radius 1 is 0.627 bits per heavy atom. The first-order valence-corrected chi connectivity index (χ1v) is 28.0. The van der Waals surface area contributed by atoms with Crippen LogP contribution in [0.25, 0.3) is 44.6 Å². The van der Waals surface area contributed by atoms with E-state index in [0.29, 0.717) is 76.3 Å². The normalized spacial score (nSPS) is 17.1. The van der Waals surface area contributed by atoms with Crippen LogP contribution in [-0.2, 0) is 9.59 Å². The molecule has 428 valence electrons. The number of rotatable bonds is 16. The van der Waals surface area contributed by atoms with E-state index in [1.807, 2.05) is 63.8 Å². The van der Waals surface area contributed by atoms with E-state index in [0.717, 1.165) is 79.7 Å². The van der Waals surface area contributed by atoms with Crippen molar-refractivity contribution < 1.29 is 24.3 Å². The Morgan fingerprint density at radius 3 is 1.58 bits per heavy atom. The number of nitrogens with one attached hydrogen (secondary N) is 3. The van der Waals surface area contributed by atoms with Crippen molar-refractivity contribution >= 4 is 69.0 Å². The van der Waals surface area contributed by atoms with Gasteiger partial charge in [0.15, 0.2) is 11.3 Å². The summed E-state index contributed by atoms with van der Waals surface area (Å²) in [5.41, 5.74) is 17.9. The van der Waals surface area contributed by atoms with Crippen LogP contribution >= 0.6 is 0 Å². The lowest BCUT2D eigenvalue weighted by Crippen LogP contribution is -2.40. The minimum atomic E-state index is -0.866.